The normalized spacial score (nSPS) is 10.4. The van der Waals surface area contributed by atoms with Crippen LogP contribution in [0.1, 0.15) is 18.3 Å². The predicted molar refractivity (Wildman–Crippen MR) is 81.3 cm³/mol. The highest BCUT2D eigenvalue weighted by atomic mass is 79.9. The second kappa shape index (κ2) is 6.15. The van der Waals surface area contributed by atoms with Crippen molar-refractivity contribution in [3.05, 3.63) is 39.9 Å². The molecule has 1 aromatic carbocycles. The van der Waals surface area contributed by atoms with Crippen molar-refractivity contribution in [3.63, 3.8) is 0 Å². The summed E-state index contributed by atoms with van der Waals surface area (Å²) in [4.78, 5) is 8.68. The summed E-state index contributed by atoms with van der Waals surface area (Å²) in [5.41, 5.74) is 3.90. The molecule has 0 spiro atoms. The summed E-state index contributed by atoms with van der Waals surface area (Å²) in [6.07, 6.45) is 0.675. The van der Waals surface area contributed by atoms with Crippen molar-refractivity contribution in [1.82, 2.24) is 9.97 Å². The Bertz CT molecular complexity index is 632. The minimum atomic E-state index is -0.324. The number of aromatic nitrogens is 2. The van der Waals surface area contributed by atoms with Crippen LogP contribution in [-0.2, 0) is 6.42 Å². The van der Waals surface area contributed by atoms with E-state index in [9.17, 15) is 4.39 Å². The Kier molecular flexibility index (Phi) is 4.51. The van der Waals surface area contributed by atoms with E-state index in [4.69, 9.17) is 5.84 Å². The lowest BCUT2D eigenvalue weighted by atomic mass is 10.2. The highest BCUT2D eigenvalue weighted by Crippen LogP contribution is 2.29. The summed E-state index contributed by atoms with van der Waals surface area (Å²) >= 11 is 3.37. The Morgan fingerprint density at radius 3 is 2.65 bits per heavy atom. The van der Waals surface area contributed by atoms with E-state index in [0.717, 1.165) is 10.0 Å². The molecule has 0 amide bonds. The van der Waals surface area contributed by atoms with Crippen LogP contribution in [0.2, 0.25) is 0 Å². The first-order chi connectivity index (χ1) is 9.55. The Morgan fingerprint density at radius 2 is 2.00 bits per heavy atom. The molecule has 2 rings (SSSR count). The Hall–Kier alpha value is -1.73. The minimum absolute atomic E-state index is 0.324. The summed E-state index contributed by atoms with van der Waals surface area (Å²) in [6, 6.07) is 4.41. The molecule has 0 unspecified atom stereocenters. The fraction of sp³-hybridized carbons (Fsp3) is 0.231. The summed E-state index contributed by atoms with van der Waals surface area (Å²) < 4.78 is 14.1. The monoisotopic (exact) mass is 339 g/mol. The standard InChI is InChI=1S/C13H15BrFN5/c1-3-11-18-12(7(2)13(19-11)20-16)17-10-6-8(15)4-5-9(10)14/h4-6H,3,16H2,1-2H3,(H2,17,18,19,20). The molecule has 1 heterocycles. The molecule has 2 aromatic rings. The molecule has 7 heteroatoms. The lowest BCUT2D eigenvalue weighted by Gasteiger charge is -2.14. The van der Waals surface area contributed by atoms with Gasteiger partial charge in [0, 0.05) is 16.5 Å². The molecule has 0 atom stereocenters. The molecule has 5 nitrogen and oxygen atoms in total. The fourth-order valence-electron chi connectivity index (χ4n) is 1.70. The van der Waals surface area contributed by atoms with Crippen molar-refractivity contribution in [1.29, 1.82) is 0 Å². The number of hydrazine groups is 1. The molecule has 0 saturated heterocycles. The van der Waals surface area contributed by atoms with Gasteiger partial charge in [0.25, 0.3) is 0 Å². The molecule has 4 N–H and O–H groups in total. The van der Waals surface area contributed by atoms with Gasteiger partial charge in [-0.1, -0.05) is 6.92 Å². The third-order valence-corrected chi connectivity index (χ3v) is 3.52. The van der Waals surface area contributed by atoms with Crippen LogP contribution < -0.4 is 16.6 Å². The number of nitrogens with one attached hydrogen (secondary N) is 2. The molecular weight excluding hydrogens is 325 g/mol. The Labute approximate surface area is 124 Å². The molecular formula is C13H15BrFN5. The van der Waals surface area contributed by atoms with E-state index in [2.05, 4.69) is 36.6 Å². The molecule has 0 saturated carbocycles. The van der Waals surface area contributed by atoms with Crippen molar-refractivity contribution < 1.29 is 4.39 Å². The first kappa shape index (κ1) is 14.7. The molecule has 0 bridgehead atoms. The highest BCUT2D eigenvalue weighted by molar-refractivity contribution is 9.10. The average Bonchev–Trinajstić information content (AvgIpc) is 2.45. The number of nitrogens with two attached hydrogens (primary N) is 1. The first-order valence-electron chi connectivity index (χ1n) is 6.11. The number of benzene rings is 1. The number of halogens is 2. The maximum absolute atomic E-state index is 13.3. The molecule has 0 aliphatic carbocycles. The van der Waals surface area contributed by atoms with Crippen molar-refractivity contribution in [3.8, 4) is 0 Å². The van der Waals surface area contributed by atoms with Gasteiger partial charge in [0.2, 0.25) is 0 Å². The average molecular weight is 340 g/mol. The molecule has 106 valence electrons. The maximum atomic E-state index is 13.3. The number of aryl methyl sites for hydroxylation is 1. The van der Waals surface area contributed by atoms with E-state index in [1.165, 1.54) is 12.1 Å². The third kappa shape index (κ3) is 3.05. The number of nitrogen functional groups attached to an aromatic ring is 1. The van der Waals surface area contributed by atoms with E-state index >= 15 is 0 Å². The van der Waals surface area contributed by atoms with Gasteiger partial charge in [0.15, 0.2) is 0 Å². The lowest BCUT2D eigenvalue weighted by Crippen LogP contribution is -2.14. The van der Waals surface area contributed by atoms with Crippen molar-refractivity contribution in [2.24, 2.45) is 5.84 Å². The number of hydrogen-bond acceptors (Lipinski definition) is 5. The van der Waals surface area contributed by atoms with Crippen molar-refractivity contribution in [2.45, 2.75) is 20.3 Å². The number of hydrogen-bond donors (Lipinski definition) is 3. The quantitative estimate of drug-likeness (QED) is 0.588. The summed E-state index contributed by atoms with van der Waals surface area (Å²) in [6.45, 7) is 3.79. The number of nitrogens with zero attached hydrogens (tertiary/aromatic N) is 2. The zero-order valence-electron chi connectivity index (χ0n) is 11.2. The van der Waals surface area contributed by atoms with Crippen LogP contribution in [0.3, 0.4) is 0 Å². The van der Waals surface area contributed by atoms with E-state index in [1.54, 1.807) is 6.07 Å². The van der Waals surface area contributed by atoms with E-state index < -0.39 is 0 Å². The second-order valence-electron chi connectivity index (χ2n) is 4.21. The fourth-order valence-corrected chi connectivity index (χ4v) is 2.05. The molecule has 0 aliphatic rings. The molecule has 0 aliphatic heterocycles. The van der Waals surface area contributed by atoms with Crippen LogP contribution in [0, 0.1) is 12.7 Å². The van der Waals surface area contributed by atoms with Gasteiger partial charge in [-0.25, -0.2) is 20.2 Å². The van der Waals surface area contributed by atoms with Gasteiger partial charge in [-0.05, 0) is 41.1 Å². The maximum Gasteiger partial charge on any atom is 0.148 e. The van der Waals surface area contributed by atoms with Crippen LogP contribution in [0.15, 0.2) is 22.7 Å². The number of rotatable bonds is 4. The van der Waals surface area contributed by atoms with Gasteiger partial charge >= 0.3 is 0 Å². The Morgan fingerprint density at radius 1 is 1.30 bits per heavy atom. The number of anilines is 3. The van der Waals surface area contributed by atoms with E-state index in [-0.39, 0.29) is 5.82 Å². The molecule has 20 heavy (non-hydrogen) atoms. The smallest absolute Gasteiger partial charge is 0.148 e. The van der Waals surface area contributed by atoms with Gasteiger partial charge in [-0.2, -0.15) is 0 Å². The minimum Gasteiger partial charge on any atom is -0.339 e. The molecule has 0 radical (unpaired) electrons. The van der Waals surface area contributed by atoms with Gasteiger partial charge < -0.3 is 10.7 Å². The summed E-state index contributed by atoms with van der Waals surface area (Å²) in [5.74, 6) is 6.92. The Balaban J connectivity index is 2.44. The summed E-state index contributed by atoms with van der Waals surface area (Å²) in [7, 11) is 0. The van der Waals surface area contributed by atoms with Crippen LogP contribution in [-0.4, -0.2) is 9.97 Å². The summed E-state index contributed by atoms with van der Waals surface area (Å²) in [5, 5.41) is 3.10. The zero-order chi connectivity index (χ0) is 14.7. The van der Waals surface area contributed by atoms with Crippen molar-refractivity contribution >= 4 is 33.3 Å². The van der Waals surface area contributed by atoms with Gasteiger partial charge in [-0.3, -0.25) is 0 Å². The predicted octanol–water partition coefficient (Wildman–Crippen LogP) is 3.28. The van der Waals surface area contributed by atoms with Crippen molar-refractivity contribution in [2.75, 3.05) is 10.7 Å². The SMILES string of the molecule is CCc1nc(NN)c(C)c(Nc2cc(F)ccc2Br)n1. The molecule has 0 fully saturated rings. The van der Waals surface area contributed by atoms with E-state index in [0.29, 0.717) is 29.6 Å². The van der Waals surface area contributed by atoms with Gasteiger partial charge in [0.1, 0.15) is 23.3 Å². The topological polar surface area (TPSA) is 75.9 Å². The first-order valence-corrected chi connectivity index (χ1v) is 6.90. The van der Waals surface area contributed by atoms with Gasteiger partial charge in [0.05, 0.1) is 5.69 Å². The highest BCUT2D eigenvalue weighted by Gasteiger charge is 2.11. The third-order valence-electron chi connectivity index (χ3n) is 2.83. The van der Waals surface area contributed by atoms with Crippen LogP contribution in [0.5, 0.6) is 0 Å². The largest absolute Gasteiger partial charge is 0.339 e. The van der Waals surface area contributed by atoms with Crippen LogP contribution in [0.4, 0.5) is 21.7 Å². The molecule has 1 aromatic heterocycles. The van der Waals surface area contributed by atoms with Crippen LogP contribution >= 0.6 is 15.9 Å². The second-order valence-corrected chi connectivity index (χ2v) is 5.06. The zero-order valence-corrected chi connectivity index (χ0v) is 12.8. The lowest BCUT2D eigenvalue weighted by molar-refractivity contribution is 0.628. The van der Waals surface area contributed by atoms with Crippen LogP contribution in [0.25, 0.3) is 0 Å². The van der Waals surface area contributed by atoms with Gasteiger partial charge in [-0.15, -0.1) is 0 Å². The van der Waals surface area contributed by atoms with E-state index in [1.807, 2.05) is 13.8 Å².